The van der Waals surface area contributed by atoms with Crippen LogP contribution in [-0.4, -0.2) is 23.0 Å². The first kappa shape index (κ1) is 15.0. The molecule has 0 radical (unpaired) electrons. The van der Waals surface area contributed by atoms with E-state index in [0.717, 1.165) is 11.8 Å². The summed E-state index contributed by atoms with van der Waals surface area (Å²) in [5.41, 5.74) is 5.78. The Morgan fingerprint density at radius 2 is 2.11 bits per heavy atom. The monoisotopic (exact) mass is 299 g/mol. The molecule has 0 spiro atoms. The van der Waals surface area contributed by atoms with E-state index in [0.29, 0.717) is 9.92 Å². The van der Waals surface area contributed by atoms with Crippen molar-refractivity contribution in [1.82, 2.24) is 0 Å². The molecule has 18 heavy (non-hydrogen) atoms. The molecule has 0 aromatic heterocycles. The van der Waals surface area contributed by atoms with Crippen LogP contribution in [0.1, 0.15) is 0 Å². The number of alkyl halides is 3. The van der Waals surface area contributed by atoms with Crippen molar-refractivity contribution in [2.45, 2.75) is 11.1 Å². The molecule has 0 amide bonds. The number of thioether (sulfide) groups is 1. The molecule has 8 heteroatoms. The average Bonchev–Trinajstić information content (AvgIpc) is 2.18. The minimum absolute atomic E-state index is 0.221. The van der Waals surface area contributed by atoms with Gasteiger partial charge in [-0.3, -0.25) is 4.79 Å². The molecule has 100 valence electrons. The van der Waals surface area contributed by atoms with Crippen molar-refractivity contribution in [3.05, 3.63) is 23.2 Å². The molecule has 0 aliphatic rings. The van der Waals surface area contributed by atoms with Crippen molar-refractivity contribution in [3.63, 3.8) is 0 Å². The van der Waals surface area contributed by atoms with Crippen LogP contribution in [0.2, 0.25) is 5.02 Å². The third-order valence-electron chi connectivity index (χ3n) is 2.07. The Balaban J connectivity index is 2.77. The van der Waals surface area contributed by atoms with Crippen LogP contribution in [0.4, 0.5) is 18.9 Å². The van der Waals surface area contributed by atoms with Crippen LogP contribution in [-0.2, 0) is 4.79 Å². The van der Waals surface area contributed by atoms with Crippen LogP contribution in [0.25, 0.3) is 0 Å². The van der Waals surface area contributed by atoms with Gasteiger partial charge in [-0.25, -0.2) is 0 Å². The second-order valence-corrected chi connectivity index (χ2v) is 4.92. The molecule has 0 bridgehead atoms. The highest BCUT2D eigenvalue weighted by molar-refractivity contribution is 7.99. The largest absolute Gasteiger partial charge is 0.481 e. The molecule has 1 aromatic rings. The number of nitrogen functional groups attached to an aromatic ring is 1. The molecular weight excluding hydrogens is 291 g/mol. The van der Waals surface area contributed by atoms with Crippen LogP contribution < -0.4 is 5.73 Å². The lowest BCUT2D eigenvalue weighted by Gasteiger charge is -2.16. The van der Waals surface area contributed by atoms with E-state index >= 15 is 0 Å². The van der Waals surface area contributed by atoms with Crippen molar-refractivity contribution in [2.75, 3.05) is 11.5 Å². The Morgan fingerprint density at radius 3 is 2.56 bits per heavy atom. The van der Waals surface area contributed by atoms with E-state index in [4.69, 9.17) is 22.4 Å². The molecule has 0 fully saturated rings. The zero-order valence-corrected chi connectivity index (χ0v) is 10.4. The molecule has 0 aliphatic carbocycles. The standard InChI is InChI=1S/C10H9ClF3NO2S/c11-5-1-2-8(7(15)3-5)18-4-6(9(16)17)10(12,13)14/h1-3,6H,4,15H2,(H,16,17). The number of hydrogen-bond acceptors (Lipinski definition) is 3. The van der Waals surface area contributed by atoms with Gasteiger partial charge < -0.3 is 10.8 Å². The maximum atomic E-state index is 12.4. The maximum Gasteiger partial charge on any atom is 0.403 e. The molecule has 0 heterocycles. The molecule has 1 atom stereocenters. The summed E-state index contributed by atoms with van der Waals surface area (Å²) in [6, 6.07) is 4.33. The molecule has 3 N–H and O–H groups in total. The quantitative estimate of drug-likeness (QED) is 0.661. The van der Waals surface area contributed by atoms with Gasteiger partial charge in [0.1, 0.15) is 0 Å². The van der Waals surface area contributed by atoms with E-state index in [1.165, 1.54) is 18.2 Å². The summed E-state index contributed by atoms with van der Waals surface area (Å²) >= 11 is 6.37. The predicted octanol–water partition coefficient (Wildman–Crippen LogP) is 3.28. The third kappa shape index (κ3) is 3.99. The fourth-order valence-corrected chi connectivity index (χ4v) is 2.38. The van der Waals surface area contributed by atoms with E-state index in [2.05, 4.69) is 0 Å². The Hall–Kier alpha value is -1.08. The van der Waals surface area contributed by atoms with E-state index in [9.17, 15) is 18.0 Å². The van der Waals surface area contributed by atoms with Crippen LogP contribution in [0, 0.1) is 5.92 Å². The van der Waals surface area contributed by atoms with Gasteiger partial charge in [0.2, 0.25) is 0 Å². The van der Waals surface area contributed by atoms with Crippen molar-refractivity contribution in [2.24, 2.45) is 5.92 Å². The number of carbonyl (C=O) groups is 1. The number of nitrogens with two attached hydrogens (primary N) is 1. The molecule has 3 nitrogen and oxygen atoms in total. The molecule has 1 aromatic carbocycles. The smallest absolute Gasteiger partial charge is 0.403 e. The van der Waals surface area contributed by atoms with Gasteiger partial charge in [-0.05, 0) is 18.2 Å². The van der Waals surface area contributed by atoms with Crippen LogP contribution in [0.3, 0.4) is 0 Å². The lowest BCUT2D eigenvalue weighted by atomic mass is 10.2. The normalized spacial score (nSPS) is 13.3. The van der Waals surface area contributed by atoms with E-state index in [1.807, 2.05) is 0 Å². The van der Waals surface area contributed by atoms with Gasteiger partial charge in [0, 0.05) is 21.4 Å². The van der Waals surface area contributed by atoms with Crippen LogP contribution >= 0.6 is 23.4 Å². The van der Waals surface area contributed by atoms with Gasteiger partial charge >= 0.3 is 12.1 Å². The number of carboxylic acid groups (broad SMARTS) is 1. The summed E-state index contributed by atoms with van der Waals surface area (Å²) in [7, 11) is 0. The lowest BCUT2D eigenvalue weighted by molar-refractivity contribution is -0.188. The van der Waals surface area contributed by atoms with Crippen molar-refractivity contribution >= 4 is 35.0 Å². The molecule has 1 unspecified atom stereocenters. The fourth-order valence-electron chi connectivity index (χ4n) is 1.13. The number of halogens is 4. The zero-order chi connectivity index (χ0) is 13.9. The van der Waals surface area contributed by atoms with Gasteiger partial charge in [-0.15, -0.1) is 11.8 Å². The number of aliphatic carboxylic acids is 1. The van der Waals surface area contributed by atoms with Gasteiger partial charge in [0.15, 0.2) is 5.92 Å². The number of hydrogen-bond donors (Lipinski definition) is 2. The topological polar surface area (TPSA) is 63.3 Å². The van der Waals surface area contributed by atoms with E-state index < -0.39 is 23.8 Å². The Labute approximate surface area is 110 Å². The van der Waals surface area contributed by atoms with Gasteiger partial charge in [-0.2, -0.15) is 13.2 Å². The second-order valence-electron chi connectivity index (χ2n) is 3.43. The summed E-state index contributed by atoms with van der Waals surface area (Å²) in [5.74, 6) is -4.95. The highest BCUT2D eigenvalue weighted by atomic mass is 35.5. The first-order valence-electron chi connectivity index (χ1n) is 4.69. The number of carboxylic acids is 1. The second kappa shape index (κ2) is 5.71. The Bertz CT molecular complexity index is 453. The maximum absolute atomic E-state index is 12.4. The van der Waals surface area contributed by atoms with Crippen molar-refractivity contribution in [1.29, 1.82) is 0 Å². The minimum atomic E-state index is -4.78. The van der Waals surface area contributed by atoms with E-state index in [-0.39, 0.29) is 5.69 Å². The summed E-state index contributed by atoms with van der Waals surface area (Å²) in [5, 5.41) is 8.88. The molecule has 0 saturated heterocycles. The Kier molecular flexibility index (Phi) is 4.75. The zero-order valence-electron chi connectivity index (χ0n) is 8.87. The van der Waals surface area contributed by atoms with Gasteiger partial charge in [-0.1, -0.05) is 11.6 Å². The van der Waals surface area contributed by atoms with Crippen molar-refractivity contribution in [3.8, 4) is 0 Å². The number of benzene rings is 1. The van der Waals surface area contributed by atoms with Crippen LogP contribution in [0.15, 0.2) is 23.1 Å². The first-order chi connectivity index (χ1) is 8.21. The molecule has 0 aliphatic heterocycles. The van der Waals surface area contributed by atoms with Gasteiger partial charge in [0.05, 0.1) is 0 Å². The average molecular weight is 300 g/mol. The SMILES string of the molecule is Nc1cc(Cl)ccc1SCC(C(=O)O)C(F)(F)F. The fraction of sp³-hybridized carbons (Fsp3) is 0.300. The van der Waals surface area contributed by atoms with Crippen LogP contribution in [0.5, 0.6) is 0 Å². The lowest BCUT2D eigenvalue weighted by Crippen LogP contribution is -2.32. The third-order valence-corrected chi connectivity index (χ3v) is 3.49. The van der Waals surface area contributed by atoms with Gasteiger partial charge in [0.25, 0.3) is 0 Å². The summed E-state index contributed by atoms with van der Waals surface area (Å²) < 4.78 is 37.2. The van der Waals surface area contributed by atoms with Crippen molar-refractivity contribution < 1.29 is 23.1 Å². The minimum Gasteiger partial charge on any atom is -0.481 e. The highest BCUT2D eigenvalue weighted by Crippen LogP contribution is 2.34. The Morgan fingerprint density at radius 1 is 1.50 bits per heavy atom. The number of rotatable bonds is 4. The highest BCUT2D eigenvalue weighted by Gasteiger charge is 2.44. The number of anilines is 1. The molecule has 1 rings (SSSR count). The first-order valence-corrected chi connectivity index (χ1v) is 6.05. The molecule has 0 saturated carbocycles. The summed E-state index contributed by atoms with van der Waals surface area (Å²) in [6.07, 6.45) is -4.78. The summed E-state index contributed by atoms with van der Waals surface area (Å²) in [6.45, 7) is 0. The predicted molar refractivity (Wildman–Crippen MR) is 63.8 cm³/mol. The summed E-state index contributed by atoms with van der Waals surface area (Å²) in [4.78, 5) is 10.9. The van der Waals surface area contributed by atoms with E-state index in [1.54, 1.807) is 0 Å². The molecular formula is C10H9ClF3NO2S.